The third kappa shape index (κ3) is 5.46. The van der Waals surface area contributed by atoms with Crippen molar-refractivity contribution in [3.8, 4) is 5.95 Å². The second-order valence-corrected chi connectivity index (χ2v) is 7.68. The van der Waals surface area contributed by atoms with Crippen LogP contribution in [0.5, 0.6) is 0 Å². The molecule has 0 aliphatic rings. The first-order chi connectivity index (χ1) is 14.8. The van der Waals surface area contributed by atoms with Crippen molar-refractivity contribution in [1.29, 1.82) is 0 Å². The summed E-state index contributed by atoms with van der Waals surface area (Å²) in [6.07, 6.45) is 0.181. The highest BCUT2D eigenvalue weighted by molar-refractivity contribution is 6.33. The van der Waals surface area contributed by atoms with Gasteiger partial charge in [-0.05, 0) is 45.9 Å². The molecule has 1 aromatic carbocycles. The highest BCUT2D eigenvalue weighted by Crippen LogP contribution is 2.17. The lowest BCUT2D eigenvalue weighted by atomic mass is 10.1. The number of benzene rings is 1. The molecular formula is C22H25ClN6O2. The van der Waals surface area contributed by atoms with Gasteiger partial charge in [0, 0.05) is 35.7 Å². The minimum absolute atomic E-state index is 0.154. The summed E-state index contributed by atoms with van der Waals surface area (Å²) in [5.41, 5.74) is 4.52. The molecule has 2 N–H and O–H groups in total. The van der Waals surface area contributed by atoms with Crippen LogP contribution in [0.15, 0.2) is 30.3 Å². The monoisotopic (exact) mass is 440 g/mol. The number of carbonyl (C=O) groups excluding carboxylic acids is 2. The summed E-state index contributed by atoms with van der Waals surface area (Å²) in [5.74, 6) is 0.0624. The standard InChI is InChI=1S/C22H25ClN6O2/c1-13-11-14(2)27-22(26-13)29-16(4)18(15(3)28-29)12-20(30)24-9-10-25-21(31)17-7-5-6-8-19(17)23/h5-8,11H,9-10,12H2,1-4H3,(H,24,30)(H,25,31). The van der Waals surface area contributed by atoms with E-state index in [0.717, 1.165) is 28.3 Å². The quantitative estimate of drug-likeness (QED) is 0.550. The largest absolute Gasteiger partial charge is 0.354 e. The average Bonchev–Trinajstić information content (AvgIpc) is 2.99. The molecular weight excluding hydrogens is 416 g/mol. The fraction of sp³-hybridized carbons (Fsp3) is 0.318. The van der Waals surface area contributed by atoms with E-state index in [4.69, 9.17) is 11.6 Å². The summed E-state index contributed by atoms with van der Waals surface area (Å²) in [4.78, 5) is 33.5. The van der Waals surface area contributed by atoms with Crippen LogP contribution in [0.3, 0.4) is 0 Å². The number of amides is 2. The van der Waals surface area contributed by atoms with Crippen LogP contribution in [-0.4, -0.2) is 44.7 Å². The molecule has 2 amide bonds. The van der Waals surface area contributed by atoms with Crippen LogP contribution in [-0.2, 0) is 11.2 Å². The van der Waals surface area contributed by atoms with Gasteiger partial charge < -0.3 is 10.6 Å². The van der Waals surface area contributed by atoms with Crippen molar-refractivity contribution in [1.82, 2.24) is 30.4 Å². The van der Waals surface area contributed by atoms with Crippen LogP contribution in [0.1, 0.15) is 38.7 Å². The topological polar surface area (TPSA) is 102 Å². The fourth-order valence-corrected chi connectivity index (χ4v) is 3.49. The Morgan fingerprint density at radius 1 is 1.00 bits per heavy atom. The van der Waals surface area contributed by atoms with Gasteiger partial charge in [0.2, 0.25) is 5.91 Å². The van der Waals surface area contributed by atoms with E-state index in [2.05, 4.69) is 25.7 Å². The predicted molar refractivity (Wildman–Crippen MR) is 119 cm³/mol. The number of rotatable bonds is 7. The number of nitrogens with one attached hydrogen (secondary N) is 2. The number of hydrogen-bond donors (Lipinski definition) is 2. The molecule has 0 aliphatic heterocycles. The first-order valence-electron chi connectivity index (χ1n) is 9.93. The summed E-state index contributed by atoms with van der Waals surface area (Å²) in [5, 5.41) is 10.5. The van der Waals surface area contributed by atoms with Crippen molar-refractivity contribution in [2.45, 2.75) is 34.1 Å². The SMILES string of the molecule is Cc1cc(C)nc(-n2nc(C)c(CC(=O)NCCNC(=O)c3ccccc3Cl)c2C)n1. The Kier molecular flexibility index (Phi) is 7.02. The lowest BCUT2D eigenvalue weighted by molar-refractivity contribution is -0.120. The third-order valence-electron chi connectivity index (χ3n) is 4.79. The predicted octanol–water partition coefficient (Wildman–Crippen LogP) is 2.64. The molecule has 2 aromatic heterocycles. The van der Waals surface area contributed by atoms with Crippen LogP contribution in [0, 0.1) is 27.7 Å². The zero-order chi connectivity index (χ0) is 22.5. The molecule has 3 aromatic rings. The number of aromatic nitrogens is 4. The Balaban J connectivity index is 1.57. The second kappa shape index (κ2) is 9.70. The minimum atomic E-state index is -0.277. The number of halogens is 1. The van der Waals surface area contributed by atoms with E-state index in [1.54, 1.807) is 28.9 Å². The molecule has 0 saturated heterocycles. The first-order valence-corrected chi connectivity index (χ1v) is 10.3. The first kappa shape index (κ1) is 22.4. The van der Waals surface area contributed by atoms with Gasteiger partial charge in [-0.3, -0.25) is 9.59 Å². The van der Waals surface area contributed by atoms with Gasteiger partial charge in [-0.1, -0.05) is 23.7 Å². The summed E-state index contributed by atoms with van der Waals surface area (Å²) in [7, 11) is 0. The molecule has 0 saturated carbocycles. The van der Waals surface area contributed by atoms with Crippen LogP contribution >= 0.6 is 11.6 Å². The fourth-order valence-electron chi connectivity index (χ4n) is 3.27. The lowest BCUT2D eigenvalue weighted by Gasteiger charge is -2.09. The Morgan fingerprint density at radius 3 is 2.32 bits per heavy atom. The highest BCUT2D eigenvalue weighted by atomic mass is 35.5. The van der Waals surface area contributed by atoms with Gasteiger partial charge in [0.15, 0.2) is 0 Å². The molecule has 0 aliphatic carbocycles. The molecule has 9 heteroatoms. The van der Waals surface area contributed by atoms with E-state index in [1.165, 1.54) is 0 Å². The van der Waals surface area contributed by atoms with Crippen molar-refractivity contribution in [2.24, 2.45) is 0 Å². The molecule has 8 nitrogen and oxygen atoms in total. The van der Waals surface area contributed by atoms with Crippen molar-refractivity contribution in [3.63, 3.8) is 0 Å². The summed E-state index contributed by atoms with van der Waals surface area (Å²) >= 11 is 6.02. The van der Waals surface area contributed by atoms with Gasteiger partial charge in [0.25, 0.3) is 11.9 Å². The molecule has 0 atom stereocenters. The normalized spacial score (nSPS) is 10.7. The molecule has 0 spiro atoms. The van der Waals surface area contributed by atoms with E-state index in [1.807, 2.05) is 33.8 Å². The molecule has 0 fully saturated rings. The molecule has 31 heavy (non-hydrogen) atoms. The summed E-state index contributed by atoms with van der Waals surface area (Å²) in [6.45, 7) is 8.17. The van der Waals surface area contributed by atoms with Gasteiger partial charge in [0.1, 0.15) is 0 Å². The third-order valence-corrected chi connectivity index (χ3v) is 5.12. The van der Waals surface area contributed by atoms with E-state index >= 15 is 0 Å². The molecule has 0 radical (unpaired) electrons. The van der Waals surface area contributed by atoms with E-state index in [-0.39, 0.29) is 18.2 Å². The molecule has 0 unspecified atom stereocenters. The van der Waals surface area contributed by atoms with E-state index in [0.29, 0.717) is 29.6 Å². The Bertz CT molecular complexity index is 1100. The molecule has 0 bridgehead atoms. The van der Waals surface area contributed by atoms with Crippen LogP contribution in [0.4, 0.5) is 0 Å². The van der Waals surface area contributed by atoms with Crippen molar-refractivity contribution >= 4 is 23.4 Å². The van der Waals surface area contributed by atoms with Gasteiger partial charge in [-0.15, -0.1) is 0 Å². The van der Waals surface area contributed by atoms with Gasteiger partial charge >= 0.3 is 0 Å². The molecule has 3 rings (SSSR count). The van der Waals surface area contributed by atoms with E-state index in [9.17, 15) is 9.59 Å². The summed E-state index contributed by atoms with van der Waals surface area (Å²) < 4.78 is 1.67. The average molecular weight is 441 g/mol. The van der Waals surface area contributed by atoms with Gasteiger partial charge in [-0.2, -0.15) is 5.10 Å². The van der Waals surface area contributed by atoms with Gasteiger partial charge in [-0.25, -0.2) is 14.6 Å². The zero-order valence-electron chi connectivity index (χ0n) is 18.0. The zero-order valence-corrected chi connectivity index (χ0v) is 18.7. The maximum atomic E-state index is 12.4. The van der Waals surface area contributed by atoms with E-state index < -0.39 is 0 Å². The van der Waals surface area contributed by atoms with Gasteiger partial charge in [0.05, 0.1) is 22.7 Å². The summed E-state index contributed by atoms with van der Waals surface area (Å²) in [6, 6.07) is 8.72. The number of nitrogens with zero attached hydrogens (tertiary/aromatic N) is 4. The Labute approximate surface area is 186 Å². The number of hydrogen-bond acceptors (Lipinski definition) is 5. The maximum absolute atomic E-state index is 12.4. The second-order valence-electron chi connectivity index (χ2n) is 7.27. The molecule has 2 heterocycles. The van der Waals surface area contributed by atoms with Crippen molar-refractivity contribution in [2.75, 3.05) is 13.1 Å². The minimum Gasteiger partial charge on any atom is -0.354 e. The van der Waals surface area contributed by atoms with Crippen LogP contribution in [0.2, 0.25) is 5.02 Å². The van der Waals surface area contributed by atoms with Crippen LogP contribution < -0.4 is 10.6 Å². The van der Waals surface area contributed by atoms with Crippen molar-refractivity contribution < 1.29 is 9.59 Å². The van der Waals surface area contributed by atoms with Crippen molar-refractivity contribution in [3.05, 3.63) is 69.3 Å². The lowest BCUT2D eigenvalue weighted by Crippen LogP contribution is -2.35. The number of aryl methyl sites for hydroxylation is 3. The Hall–Kier alpha value is -3.26. The smallest absolute Gasteiger partial charge is 0.252 e. The highest BCUT2D eigenvalue weighted by Gasteiger charge is 2.17. The number of carbonyl (C=O) groups is 2. The maximum Gasteiger partial charge on any atom is 0.252 e. The van der Waals surface area contributed by atoms with Crippen LogP contribution in [0.25, 0.3) is 5.95 Å². The Morgan fingerprint density at radius 2 is 1.65 bits per heavy atom. The molecule has 162 valence electrons.